The zero-order valence-corrected chi connectivity index (χ0v) is 7.33. The molecule has 0 unspecified atom stereocenters. The van der Waals surface area contributed by atoms with Crippen molar-refractivity contribution in [2.45, 2.75) is 19.8 Å². The predicted molar refractivity (Wildman–Crippen MR) is 46.3 cm³/mol. The number of nitrogens with two attached hydrogens (primary N) is 1. The summed E-state index contributed by atoms with van der Waals surface area (Å²) in [4.78, 5) is 0. The number of rotatable bonds is 2. The Balaban J connectivity index is 3.13. The van der Waals surface area contributed by atoms with Crippen molar-refractivity contribution in [2.75, 3.05) is 5.73 Å². The number of aromatic nitrogens is 2. The van der Waals surface area contributed by atoms with Crippen molar-refractivity contribution in [3.8, 4) is 6.07 Å². The second-order valence-corrected chi connectivity index (χ2v) is 2.69. The molecule has 64 valence electrons. The first-order valence-electron chi connectivity index (χ1n) is 3.92. The standard InChI is InChI=1S/C8H12N4/c1-3-4-7-6(5-9)8(10)12(2)11-7/h3-4,10H2,1-2H3. The molecule has 1 heterocycles. The average molecular weight is 164 g/mol. The molecule has 0 amide bonds. The van der Waals surface area contributed by atoms with Crippen molar-refractivity contribution in [1.82, 2.24) is 9.78 Å². The highest BCUT2D eigenvalue weighted by Gasteiger charge is 2.11. The number of aryl methyl sites for hydroxylation is 2. The molecular formula is C8H12N4. The molecule has 1 rings (SSSR count). The maximum absolute atomic E-state index is 8.76. The van der Waals surface area contributed by atoms with Gasteiger partial charge in [-0.15, -0.1) is 0 Å². The zero-order chi connectivity index (χ0) is 9.14. The lowest BCUT2D eigenvalue weighted by molar-refractivity contribution is 0.741. The molecule has 0 aliphatic rings. The van der Waals surface area contributed by atoms with E-state index in [9.17, 15) is 0 Å². The summed E-state index contributed by atoms with van der Waals surface area (Å²) in [5.41, 5.74) is 6.95. The van der Waals surface area contributed by atoms with Crippen LogP contribution in [-0.2, 0) is 13.5 Å². The van der Waals surface area contributed by atoms with E-state index in [0.29, 0.717) is 11.4 Å². The van der Waals surface area contributed by atoms with E-state index in [2.05, 4.69) is 11.2 Å². The second kappa shape index (κ2) is 3.26. The summed E-state index contributed by atoms with van der Waals surface area (Å²) in [6, 6.07) is 2.06. The molecule has 0 radical (unpaired) electrons. The number of nitrogen functional groups attached to an aromatic ring is 1. The number of nitriles is 1. The van der Waals surface area contributed by atoms with Gasteiger partial charge in [0, 0.05) is 7.05 Å². The molecule has 0 atom stereocenters. The molecule has 2 N–H and O–H groups in total. The van der Waals surface area contributed by atoms with Crippen LogP contribution in [0.25, 0.3) is 0 Å². The first kappa shape index (κ1) is 8.60. The smallest absolute Gasteiger partial charge is 0.139 e. The van der Waals surface area contributed by atoms with Crippen molar-refractivity contribution < 1.29 is 0 Å². The van der Waals surface area contributed by atoms with Gasteiger partial charge in [-0.3, -0.25) is 4.68 Å². The molecule has 12 heavy (non-hydrogen) atoms. The highest BCUT2D eigenvalue weighted by atomic mass is 15.3. The largest absolute Gasteiger partial charge is 0.383 e. The van der Waals surface area contributed by atoms with E-state index >= 15 is 0 Å². The van der Waals surface area contributed by atoms with E-state index < -0.39 is 0 Å². The molecule has 0 saturated carbocycles. The van der Waals surface area contributed by atoms with E-state index in [1.54, 1.807) is 11.7 Å². The minimum atomic E-state index is 0.459. The Morgan fingerprint density at radius 1 is 1.67 bits per heavy atom. The monoisotopic (exact) mass is 164 g/mol. The Kier molecular flexibility index (Phi) is 2.34. The maximum atomic E-state index is 8.76. The quantitative estimate of drug-likeness (QED) is 0.703. The van der Waals surface area contributed by atoms with E-state index in [0.717, 1.165) is 18.5 Å². The molecule has 0 aromatic carbocycles. The Bertz CT molecular complexity index is 319. The lowest BCUT2D eigenvalue weighted by Gasteiger charge is -1.90. The molecule has 0 aliphatic carbocycles. The van der Waals surface area contributed by atoms with Gasteiger partial charge in [0.25, 0.3) is 0 Å². The molecule has 0 spiro atoms. The van der Waals surface area contributed by atoms with Gasteiger partial charge < -0.3 is 5.73 Å². The van der Waals surface area contributed by atoms with Gasteiger partial charge in [0.2, 0.25) is 0 Å². The van der Waals surface area contributed by atoms with Crippen LogP contribution in [0.3, 0.4) is 0 Å². The SMILES string of the molecule is CCCc1nn(C)c(N)c1C#N. The summed E-state index contributed by atoms with van der Waals surface area (Å²) in [6.45, 7) is 2.05. The van der Waals surface area contributed by atoms with Crippen LogP contribution in [0.15, 0.2) is 0 Å². The van der Waals surface area contributed by atoms with E-state index in [-0.39, 0.29) is 0 Å². The molecule has 1 aromatic rings. The highest BCUT2D eigenvalue weighted by Crippen LogP contribution is 2.15. The molecule has 1 aromatic heterocycles. The summed E-state index contributed by atoms with van der Waals surface area (Å²) < 4.78 is 1.55. The normalized spacial score (nSPS) is 9.75. The van der Waals surface area contributed by atoms with Crippen molar-refractivity contribution in [1.29, 1.82) is 5.26 Å². The van der Waals surface area contributed by atoms with Gasteiger partial charge in [-0.1, -0.05) is 13.3 Å². The van der Waals surface area contributed by atoms with Gasteiger partial charge >= 0.3 is 0 Å². The van der Waals surface area contributed by atoms with Crippen LogP contribution in [0.4, 0.5) is 5.82 Å². The van der Waals surface area contributed by atoms with Crippen LogP contribution in [0.2, 0.25) is 0 Å². The minimum absolute atomic E-state index is 0.459. The number of hydrogen-bond acceptors (Lipinski definition) is 3. The number of nitrogens with zero attached hydrogens (tertiary/aromatic N) is 3. The molecule has 4 heteroatoms. The van der Waals surface area contributed by atoms with Gasteiger partial charge in [0.05, 0.1) is 5.69 Å². The van der Waals surface area contributed by atoms with Crippen molar-refractivity contribution in [2.24, 2.45) is 7.05 Å². The zero-order valence-electron chi connectivity index (χ0n) is 7.33. The molecule has 0 bridgehead atoms. The second-order valence-electron chi connectivity index (χ2n) is 2.69. The van der Waals surface area contributed by atoms with Crippen LogP contribution in [0, 0.1) is 11.3 Å². The minimum Gasteiger partial charge on any atom is -0.383 e. The van der Waals surface area contributed by atoms with Gasteiger partial charge in [0.15, 0.2) is 0 Å². The van der Waals surface area contributed by atoms with Crippen molar-refractivity contribution in [3.05, 3.63) is 11.3 Å². The van der Waals surface area contributed by atoms with E-state index in [4.69, 9.17) is 11.0 Å². The van der Waals surface area contributed by atoms with Gasteiger partial charge in [0.1, 0.15) is 17.5 Å². The summed E-state index contributed by atoms with van der Waals surface area (Å²) >= 11 is 0. The summed E-state index contributed by atoms with van der Waals surface area (Å²) in [6.07, 6.45) is 1.79. The third-order valence-electron chi connectivity index (χ3n) is 1.76. The predicted octanol–water partition coefficient (Wildman–Crippen LogP) is 0.826. The van der Waals surface area contributed by atoms with E-state index in [1.807, 2.05) is 6.92 Å². The first-order chi connectivity index (χ1) is 5.70. The Hall–Kier alpha value is -1.50. The van der Waals surface area contributed by atoms with Crippen LogP contribution in [0.1, 0.15) is 24.6 Å². The topological polar surface area (TPSA) is 67.6 Å². The Morgan fingerprint density at radius 3 is 2.83 bits per heavy atom. The Morgan fingerprint density at radius 2 is 2.33 bits per heavy atom. The Labute approximate surface area is 71.6 Å². The first-order valence-corrected chi connectivity index (χ1v) is 3.92. The highest BCUT2D eigenvalue weighted by molar-refractivity contribution is 5.51. The van der Waals surface area contributed by atoms with Gasteiger partial charge in [-0.2, -0.15) is 10.4 Å². The molecule has 0 saturated heterocycles. The summed E-state index contributed by atoms with van der Waals surface area (Å²) in [7, 11) is 1.75. The van der Waals surface area contributed by atoms with Gasteiger partial charge in [-0.05, 0) is 6.42 Å². The van der Waals surface area contributed by atoms with Gasteiger partial charge in [-0.25, -0.2) is 0 Å². The average Bonchev–Trinajstić information content (AvgIpc) is 2.29. The number of hydrogen-bond donors (Lipinski definition) is 1. The maximum Gasteiger partial charge on any atom is 0.139 e. The fourth-order valence-electron chi connectivity index (χ4n) is 1.13. The fraction of sp³-hybridized carbons (Fsp3) is 0.500. The van der Waals surface area contributed by atoms with E-state index in [1.165, 1.54) is 0 Å². The fourth-order valence-corrected chi connectivity index (χ4v) is 1.13. The van der Waals surface area contributed by atoms with Crippen LogP contribution in [-0.4, -0.2) is 9.78 Å². The van der Waals surface area contributed by atoms with Crippen LogP contribution < -0.4 is 5.73 Å². The molecule has 4 nitrogen and oxygen atoms in total. The summed E-state index contributed by atoms with van der Waals surface area (Å²) in [5, 5.41) is 12.9. The lowest BCUT2D eigenvalue weighted by atomic mass is 10.2. The molecular weight excluding hydrogens is 152 g/mol. The number of anilines is 1. The third-order valence-corrected chi connectivity index (χ3v) is 1.76. The van der Waals surface area contributed by atoms with Crippen LogP contribution in [0.5, 0.6) is 0 Å². The molecule has 0 aliphatic heterocycles. The summed E-state index contributed by atoms with van der Waals surface area (Å²) in [5.74, 6) is 0.459. The van der Waals surface area contributed by atoms with Crippen LogP contribution >= 0.6 is 0 Å². The van der Waals surface area contributed by atoms with Crippen molar-refractivity contribution in [3.63, 3.8) is 0 Å². The third kappa shape index (κ3) is 1.26. The lowest BCUT2D eigenvalue weighted by Crippen LogP contribution is -1.97. The molecule has 0 fully saturated rings. The van der Waals surface area contributed by atoms with Crippen molar-refractivity contribution >= 4 is 5.82 Å².